The van der Waals surface area contributed by atoms with Crippen molar-refractivity contribution in [2.45, 2.75) is 6.92 Å². The average Bonchev–Trinajstić information content (AvgIpc) is 2.29. The Morgan fingerprint density at radius 2 is 1.65 bits per heavy atom. The van der Waals surface area contributed by atoms with Crippen LogP contribution in [0.4, 0.5) is 0 Å². The highest BCUT2D eigenvalue weighted by atomic mass is 32.7. The lowest BCUT2D eigenvalue weighted by molar-refractivity contribution is -0.117. The zero-order valence-electron chi connectivity index (χ0n) is 10.3. The molecular weight excluding hydrogens is 306 g/mol. The van der Waals surface area contributed by atoms with Crippen LogP contribution >= 0.6 is 36.2 Å². The fourth-order valence-corrected chi connectivity index (χ4v) is 2.85. The second-order valence-electron chi connectivity index (χ2n) is 2.44. The van der Waals surface area contributed by atoms with E-state index in [0.717, 1.165) is 22.8 Å². The molecule has 0 aromatic carbocycles. The molecule has 0 radical (unpaired) electrons. The summed E-state index contributed by atoms with van der Waals surface area (Å²) < 4.78 is 30.6. The maximum Gasteiger partial charge on any atom is 0.352 e. The van der Waals surface area contributed by atoms with Gasteiger partial charge in [-0.2, -0.15) is 0 Å². The van der Waals surface area contributed by atoms with E-state index in [0.29, 0.717) is 0 Å². The molecule has 0 rings (SSSR count). The standard InChI is InChI=1S/C4H10NO3PS.C2H8NO2PS/c1-4(6)5-9(7,8-2)10-3;1-5-6(3,4)7-2/h1-3H3,(H,5,6,7);1-2H3,(H2,3,4). The van der Waals surface area contributed by atoms with Gasteiger partial charge in [0.1, 0.15) is 0 Å². The van der Waals surface area contributed by atoms with E-state index >= 15 is 0 Å². The van der Waals surface area contributed by atoms with E-state index in [1.807, 2.05) is 0 Å². The molecule has 0 saturated heterocycles. The van der Waals surface area contributed by atoms with E-state index in [1.165, 1.54) is 21.1 Å². The van der Waals surface area contributed by atoms with Crippen LogP contribution in [0.5, 0.6) is 0 Å². The van der Waals surface area contributed by atoms with Crippen LogP contribution in [-0.4, -0.2) is 32.6 Å². The van der Waals surface area contributed by atoms with Crippen molar-refractivity contribution in [3.63, 3.8) is 0 Å². The zero-order chi connectivity index (χ0) is 14.1. The number of carbonyl (C=O) groups excluding carboxylic acids is 1. The SMILES string of the molecule is COP(=O)(NC(C)=O)SC.COP(N)(=O)SC. The number of nitrogens with one attached hydrogen (secondary N) is 1. The van der Waals surface area contributed by atoms with E-state index in [1.54, 1.807) is 12.5 Å². The normalized spacial score (nSPS) is 17.1. The lowest BCUT2D eigenvalue weighted by atomic mass is 10.8. The third-order valence-electron chi connectivity index (χ3n) is 1.28. The first-order valence-electron chi connectivity index (χ1n) is 4.16. The smallest absolute Gasteiger partial charge is 0.313 e. The Bertz CT molecular complexity index is 312. The highest BCUT2D eigenvalue weighted by Crippen LogP contribution is 2.53. The van der Waals surface area contributed by atoms with Gasteiger partial charge in [-0.15, -0.1) is 0 Å². The van der Waals surface area contributed by atoms with Crippen LogP contribution in [0.2, 0.25) is 0 Å². The van der Waals surface area contributed by atoms with Crippen molar-refractivity contribution >= 4 is 42.1 Å². The molecule has 0 aliphatic carbocycles. The molecule has 3 N–H and O–H groups in total. The van der Waals surface area contributed by atoms with Crippen molar-refractivity contribution in [3.8, 4) is 0 Å². The van der Waals surface area contributed by atoms with Crippen LogP contribution in [0, 0.1) is 0 Å². The van der Waals surface area contributed by atoms with Crippen LogP contribution in [0.3, 0.4) is 0 Å². The fraction of sp³-hybridized carbons (Fsp3) is 0.833. The van der Waals surface area contributed by atoms with Crippen LogP contribution in [0.15, 0.2) is 0 Å². The van der Waals surface area contributed by atoms with Gasteiger partial charge in [-0.05, 0) is 12.5 Å². The number of nitrogens with two attached hydrogens (primary N) is 1. The van der Waals surface area contributed by atoms with Gasteiger partial charge in [0.05, 0.1) is 0 Å². The summed E-state index contributed by atoms with van der Waals surface area (Å²) >= 11 is 2.04. The average molecular weight is 324 g/mol. The van der Waals surface area contributed by atoms with Gasteiger partial charge in [0.25, 0.3) is 0 Å². The fourth-order valence-electron chi connectivity index (χ4n) is 0.433. The quantitative estimate of drug-likeness (QED) is 0.742. The van der Waals surface area contributed by atoms with Gasteiger partial charge >= 0.3 is 13.4 Å². The van der Waals surface area contributed by atoms with Crippen molar-refractivity contribution < 1.29 is 23.0 Å². The molecule has 2 unspecified atom stereocenters. The minimum Gasteiger partial charge on any atom is -0.313 e. The van der Waals surface area contributed by atoms with Gasteiger partial charge in [0.2, 0.25) is 5.91 Å². The van der Waals surface area contributed by atoms with Crippen LogP contribution in [0.25, 0.3) is 0 Å². The zero-order valence-corrected chi connectivity index (χ0v) is 13.8. The Labute approximate surface area is 109 Å². The summed E-state index contributed by atoms with van der Waals surface area (Å²) in [5.74, 6) is -0.348. The molecule has 0 spiro atoms. The molecule has 7 nitrogen and oxygen atoms in total. The summed E-state index contributed by atoms with van der Waals surface area (Å²) in [6, 6.07) is 0. The minimum atomic E-state index is -2.92. The first-order chi connectivity index (χ1) is 7.66. The molecule has 0 aliphatic heterocycles. The predicted octanol–water partition coefficient (Wildman–Crippen LogP) is 2.30. The van der Waals surface area contributed by atoms with Crippen LogP contribution in [0.1, 0.15) is 6.92 Å². The molecule has 17 heavy (non-hydrogen) atoms. The van der Waals surface area contributed by atoms with Crippen molar-refractivity contribution in [2.24, 2.45) is 5.50 Å². The molecule has 104 valence electrons. The summed E-state index contributed by atoms with van der Waals surface area (Å²) in [4.78, 5) is 10.4. The molecule has 0 aliphatic rings. The molecule has 11 heteroatoms. The molecule has 0 bridgehead atoms. The number of carbonyl (C=O) groups is 1. The Kier molecular flexibility index (Phi) is 11.0. The second-order valence-corrected chi connectivity index (χ2v) is 11.4. The summed E-state index contributed by atoms with van der Waals surface area (Å²) in [5.41, 5.74) is 5.01. The van der Waals surface area contributed by atoms with E-state index in [2.05, 4.69) is 14.1 Å². The predicted molar refractivity (Wildman–Crippen MR) is 74.3 cm³/mol. The first kappa shape index (κ1) is 19.8. The first-order valence-corrected chi connectivity index (χ1v) is 11.1. The van der Waals surface area contributed by atoms with Crippen molar-refractivity contribution in [2.75, 3.05) is 26.7 Å². The van der Waals surface area contributed by atoms with Gasteiger partial charge in [0, 0.05) is 21.1 Å². The third kappa shape index (κ3) is 11.3. The maximum absolute atomic E-state index is 11.2. The van der Waals surface area contributed by atoms with E-state index < -0.39 is 13.4 Å². The van der Waals surface area contributed by atoms with Crippen LogP contribution < -0.4 is 10.6 Å². The molecule has 1 amide bonds. The Morgan fingerprint density at radius 3 is 1.71 bits per heavy atom. The highest BCUT2D eigenvalue weighted by Gasteiger charge is 2.20. The Balaban J connectivity index is 0. The molecular formula is C6H18N2O5P2S2. The maximum atomic E-state index is 11.2. The molecule has 0 saturated carbocycles. The van der Waals surface area contributed by atoms with Crippen LogP contribution in [-0.2, 0) is 23.0 Å². The van der Waals surface area contributed by atoms with Gasteiger partial charge in [-0.1, -0.05) is 22.8 Å². The largest absolute Gasteiger partial charge is 0.352 e. The summed E-state index contributed by atoms with van der Waals surface area (Å²) in [5, 5.41) is 2.21. The van der Waals surface area contributed by atoms with Gasteiger partial charge in [0.15, 0.2) is 0 Å². The van der Waals surface area contributed by atoms with Gasteiger partial charge in [-0.3, -0.25) is 24.5 Å². The number of hydrogen-bond acceptors (Lipinski definition) is 7. The summed E-state index contributed by atoms with van der Waals surface area (Å²) in [7, 11) is 2.63. The van der Waals surface area contributed by atoms with E-state index in [4.69, 9.17) is 5.50 Å². The molecule has 0 heterocycles. The number of hydrogen-bond donors (Lipinski definition) is 2. The van der Waals surface area contributed by atoms with Crippen molar-refractivity contribution in [3.05, 3.63) is 0 Å². The highest BCUT2D eigenvalue weighted by molar-refractivity contribution is 8.56. The summed E-state index contributed by atoms with van der Waals surface area (Å²) in [6.45, 7) is -4.36. The molecule has 0 fully saturated rings. The Hall–Kier alpha value is 0.510. The number of rotatable bonds is 5. The molecule has 0 aromatic rings. The number of amides is 1. The lowest BCUT2D eigenvalue weighted by Crippen LogP contribution is -2.15. The van der Waals surface area contributed by atoms with E-state index in [9.17, 15) is 13.9 Å². The lowest BCUT2D eigenvalue weighted by Gasteiger charge is -2.11. The topological polar surface area (TPSA) is 108 Å². The van der Waals surface area contributed by atoms with E-state index in [-0.39, 0.29) is 5.91 Å². The van der Waals surface area contributed by atoms with Crippen molar-refractivity contribution in [1.29, 1.82) is 0 Å². The minimum absolute atomic E-state index is 0.348. The molecule has 2 atom stereocenters. The summed E-state index contributed by atoms with van der Waals surface area (Å²) in [6.07, 6.45) is 3.25. The second kappa shape index (κ2) is 9.44. The van der Waals surface area contributed by atoms with Crippen molar-refractivity contribution in [1.82, 2.24) is 5.09 Å². The third-order valence-corrected chi connectivity index (χ3v) is 7.99. The molecule has 0 aromatic heterocycles. The van der Waals surface area contributed by atoms with Gasteiger partial charge < -0.3 is 9.05 Å². The monoisotopic (exact) mass is 324 g/mol. The Morgan fingerprint density at radius 1 is 1.18 bits per heavy atom. The van der Waals surface area contributed by atoms with Gasteiger partial charge in [-0.25, -0.2) is 0 Å².